The highest BCUT2D eigenvalue weighted by atomic mass is 35.5. The molecule has 2 heterocycles. The van der Waals surface area contributed by atoms with Crippen LogP contribution < -0.4 is 15.5 Å². The highest BCUT2D eigenvalue weighted by molar-refractivity contribution is 6.40. The van der Waals surface area contributed by atoms with E-state index in [0.717, 1.165) is 51.1 Å². The van der Waals surface area contributed by atoms with Crippen molar-refractivity contribution >= 4 is 34.8 Å². The number of rotatable bonds is 5. The Morgan fingerprint density at radius 3 is 2.53 bits per heavy atom. The van der Waals surface area contributed by atoms with Crippen LogP contribution in [0, 0.1) is 6.92 Å². The number of benzene rings is 2. The Kier molecular flexibility index (Phi) is 7.76. The minimum absolute atomic E-state index is 0.0101. The van der Waals surface area contributed by atoms with Crippen molar-refractivity contribution in [3.8, 4) is 0 Å². The van der Waals surface area contributed by atoms with E-state index >= 15 is 0 Å². The van der Waals surface area contributed by atoms with Crippen molar-refractivity contribution in [2.75, 3.05) is 63.6 Å². The molecular formula is C26H34ClN5O2. The lowest BCUT2D eigenvalue weighted by Gasteiger charge is -2.39. The van der Waals surface area contributed by atoms with Crippen LogP contribution >= 0.6 is 11.6 Å². The van der Waals surface area contributed by atoms with E-state index in [4.69, 9.17) is 11.6 Å². The van der Waals surface area contributed by atoms with Crippen LogP contribution in [0.1, 0.15) is 29.2 Å². The number of hydrogen-bond acceptors (Lipinski definition) is 5. The van der Waals surface area contributed by atoms with Gasteiger partial charge in [0.2, 0.25) is 0 Å². The van der Waals surface area contributed by atoms with Crippen LogP contribution in [-0.4, -0.2) is 75.0 Å². The summed E-state index contributed by atoms with van der Waals surface area (Å²) < 4.78 is 0. The lowest BCUT2D eigenvalue weighted by Crippen LogP contribution is -2.49. The quantitative estimate of drug-likeness (QED) is 0.640. The number of amides is 2. The molecule has 8 heteroatoms. The molecule has 2 aromatic carbocycles. The number of likely N-dealkylation sites (N-methyl/N-ethyl adjacent to an activating group) is 1. The van der Waals surface area contributed by atoms with E-state index in [1.165, 1.54) is 16.8 Å². The Labute approximate surface area is 207 Å². The summed E-state index contributed by atoms with van der Waals surface area (Å²) in [5.41, 5.74) is 5.21. The lowest BCUT2D eigenvalue weighted by molar-refractivity contribution is -0.136. The fourth-order valence-electron chi connectivity index (χ4n) is 4.78. The number of piperazine rings is 1. The van der Waals surface area contributed by atoms with Crippen molar-refractivity contribution in [2.24, 2.45) is 0 Å². The molecule has 2 aliphatic heterocycles. The number of carbonyl (C=O) groups excluding carboxylic acids is 2. The molecular weight excluding hydrogens is 450 g/mol. The molecule has 182 valence electrons. The van der Waals surface area contributed by atoms with Crippen LogP contribution in [0.5, 0.6) is 0 Å². The Bertz CT molecular complexity index is 1050. The molecule has 1 saturated heterocycles. The number of nitrogens with zero attached hydrogens (tertiary/aromatic N) is 3. The molecule has 0 saturated carbocycles. The van der Waals surface area contributed by atoms with Gasteiger partial charge in [-0.25, -0.2) is 0 Å². The highest BCUT2D eigenvalue weighted by Crippen LogP contribution is 2.31. The smallest absolute Gasteiger partial charge is 0.313 e. The molecule has 1 fully saturated rings. The molecule has 1 unspecified atom stereocenters. The van der Waals surface area contributed by atoms with E-state index < -0.39 is 11.8 Å². The van der Waals surface area contributed by atoms with Gasteiger partial charge < -0.3 is 20.4 Å². The Morgan fingerprint density at radius 1 is 1.00 bits per heavy atom. The monoisotopic (exact) mass is 483 g/mol. The molecule has 1 atom stereocenters. The summed E-state index contributed by atoms with van der Waals surface area (Å²) in [4.78, 5) is 32.3. The minimum Gasteiger partial charge on any atom is -0.374 e. The lowest BCUT2D eigenvalue weighted by atomic mass is 9.95. The highest BCUT2D eigenvalue weighted by Gasteiger charge is 2.27. The van der Waals surface area contributed by atoms with E-state index in [9.17, 15) is 9.59 Å². The summed E-state index contributed by atoms with van der Waals surface area (Å²) in [6.07, 6.45) is 2.21. The van der Waals surface area contributed by atoms with E-state index in [1.807, 2.05) is 13.0 Å². The third-order valence-corrected chi connectivity index (χ3v) is 7.16. The number of aryl methyl sites for hydroxylation is 2. The van der Waals surface area contributed by atoms with Crippen molar-refractivity contribution in [2.45, 2.75) is 25.8 Å². The fourth-order valence-corrected chi connectivity index (χ4v) is 4.95. The average molecular weight is 484 g/mol. The van der Waals surface area contributed by atoms with Gasteiger partial charge in [-0.3, -0.25) is 14.5 Å². The summed E-state index contributed by atoms with van der Waals surface area (Å²) in [5, 5.41) is 6.08. The number of halogens is 1. The number of carbonyl (C=O) groups is 2. The first-order valence-electron chi connectivity index (χ1n) is 11.9. The largest absolute Gasteiger partial charge is 0.374 e. The zero-order valence-electron chi connectivity index (χ0n) is 20.2. The molecule has 0 bridgehead atoms. The molecule has 0 spiro atoms. The van der Waals surface area contributed by atoms with Gasteiger partial charge in [0.1, 0.15) is 0 Å². The van der Waals surface area contributed by atoms with E-state index in [-0.39, 0.29) is 6.04 Å². The van der Waals surface area contributed by atoms with Gasteiger partial charge in [-0.05, 0) is 61.7 Å². The Hall–Kier alpha value is -2.61. The normalized spacial score (nSPS) is 17.7. The maximum atomic E-state index is 12.7. The van der Waals surface area contributed by atoms with Crippen molar-refractivity contribution in [1.82, 2.24) is 15.1 Å². The average Bonchev–Trinajstić information content (AvgIpc) is 2.82. The predicted octanol–water partition coefficient (Wildman–Crippen LogP) is 3.07. The van der Waals surface area contributed by atoms with Crippen LogP contribution in [0.3, 0.4) is 0 Å². The zero-order chi connectivity index (χ0) is 24.2. The SMILES string of the molecule is Cc1ccc(Cl)cc1NC(=O)C(=O)NCC(c1ccc2c(c1)CCCN2C)N1CCN(C)CC1. The van der Waals surface area contributed by atoms with Gasteiger partial charge in [0.25, 0.3) is 0 Å². The molecule has 2 aliphatic rings. The topological polar surface area (TPSA) is 67.9 Å². The van der Waals surface area contributed by atoms with Crippen LogP contribution in [-0.2, 0) is 16.0 Å². The van der Waals surface area contributed by atoms with Gasteiger partial charge in [-0.1, -0.05) is 29.8 Å². The standard InChI is InChI=1S/C26H34ClN5O2/c1-18-6-8-21(27)16-22(18)29-26(34)25(33)28-17-24(32-13-11-30(2)12-14-32)20-7-9-23-19(15-20)5-4-10-31(23)3/h6-9,15-16,24H,4-5,10-14,17H2,1-3H3,(H,28,33)(H,29,34). The van der Waals surface area contributed by atoms with Gasteiger partial charge in [-0.2, -0.15) is 0 Å². The van der Waals surface area contributed by atoms with Crippen LogP contribution in [0.4, 0.5) is 11.4 Å². The first kappa shape index (κ1) is 24.5. The summed E-state index contributed by atoms with van der Waals surface area (Å²) >= 11 is 6.04. The number of hydrogen-bond donors (Lipinski definition) is 2. The molecule has 0 aromatic heterocycles. The zero-order valence-corrected chi connectivity index (χ0v) is 21.0. The maximum absolute atomic E-state index is 12.7. The maximum Gasteiger partial charge on any atom is 0.313 e. The molecule has 0 radical (unpaired) electrons. The third kappa shape index (κ3) is 5.71. The van der Waals surface area contributed by atoms with Gasteiger partial charge in [0.15, 0.2) is 0 Å². The molecule has 2 N–H and O–H groups in total. The second-order valence-corrected chi connectivity index (χ2v) is 9.83. The molecule has 2 aromatic rings. The first-order chi connectivity index (χ1) is 16.3. The van der Waals surface area contributed by atoms with Gasteiger partial charge in [0.05, 0.1) is 6.04 Å². The minimum atomic E-state index is -0.686. The summed E-state index contributed by atoms with van der Waals surface area (Å²) in [6, 6.07) is 11.9. The van der Waals surface area contributed by atoms with E-state index in [2.05, 4.69) is 57.6 Å². The number of anilines is 2. The molecule has 34 heavy (non-hydrogen) atoms. The summed E-state index contributed by atoms with van der Waals surface area (Å²) in [5.74, 6) is -1.33. The van der Waals surface area contributed by atoms with Crippen LogP contribution in [0.25, 0.3) is 0 Å². The van der Waals surface area contributed by atoms with Crippen LogP contribution in [0.15, 0.2) is 36.4 Å². The molecule has 2 amide bonds. The summed E-state index contributed by atoms with van der Waals surface area (Å²) in [7, 11) is 4.26. The van der Waals surface area contributed by atoms with Crippen LogP contribution in [0.2, 0.25) is 5.02 Å². The van der Waals surface area contributed by atoms with Gasteiger partial charge in [0, 0.05) is 62.7 Å². The van der Waals surface area contributed by atoms with E-state index in [0.29, 0.717) is 17.3 Å². The third-order valence-electron chi connectivity index (χ3n) is 6.93. The molecule has 0 aliphatic carbocycles. The second kappa shape index (κ2) is 10.8. The molecule has 4 rings (SSSR count). The predicted molar refractivity (Wildman–Crippen MR) is 138 cm³/mol. The van der Waals surface area contributed by atoms with Gasteiger partial charge in [-0.15, -0.1) is 0 Å². The van der Waals surface area contributed by atoms with E-state index in [1.54, 1.807) is 12.1 Å². The number of nitrogens with one attached hydrogen (secondary N) is 2. The summed E-state index contributed by atoms with van der Waals surface area (Å²) in [6.45, 7) is 7.11. The van der Waals surface area contributed by atoms with Crippen molar-refractivity contribution in [3.05, 3.63) is 58.1 Å². The van der Waals surface area contributed by atoms with Gasteiger partial charge >= 0.3 is 11.8 Å². The Morgan fingerprint density at radius 2 is 1.76 bits per heavy atom. The molecule has 7 nitrogen and oxygen atoms in total. The first-order valence-corrected chi connectivity index (χ1v) is 12.3. The van der Waals surface area contributed by atoms with Crippen molar-refractivity contribution in [1.29, 1.82) is 0 Å². The number of fused-ring (bicyclic) bond motifs is 1. The second-order valence-electron chi connectivity index (χ2n) is 9.39. The fraction of sp³-hybridized carbons (Fsp3) is 0.462. The Balaban J connectivity index is 1.48. The van der Waals surface area contributed by atoms with Crippen molar-refractivity contribution in [3.63, 3.8) is 0 Å². The van der Waals surface area contributed by atoms with Crippen molar-refractivity contribution < 1.29 is 9.59 Å².